The second-order valence-corrected chi connectivity index (χ2v) is 13.8. The van der Waals surface area contributed by atoms with Crippen LogP contribution in [0.25, 0.3) is 66.1 Å². The van der Waals surface area contributed by atoms with Crippen molar-refractivity contribution in [1.29, 1.82) is 0 Å². The third-order valence-electron chi connectivity index (χ3n) is 8.61. The molecule has 1 aliphatic rings. The Balaban J connectivity index is 1.37. The quantitative estimate of drug-likeness (QED) is 0.160. The molecule has 0 aliphatic carbocycles. The highest BCUT2D eigenvalue weighted by molar-refractivity contribution is 7.79. The molecule has 0 aromatic heterocycles. The summed E-state index contributed by atoms with van der Waals surface area (Å²) in [4.78, 5) is 0. The lowest BCUT2D eigenvalue weighted by Crippen LogP contribution is -2.08. The topological polar surface area (TPSA) is 17.1 Å². The smallest absolute Gasteiger partial charge is 0.141 e. The zero-order valence-electron chi connectivity index (χ0n) is 22.7. The Labute approximate surface area is 240 Å². The van der Waals surface area contributed by atoms with Gasteiger partial charge in [-0.2, -0.15) is 0 Å². The zero-order chi connectivity index (χ0) is 27.6. The van der Waals surface area contributed by atoms with Crippen LogP contribution in [0.5, 0.6) is 0 Å². The van der Waals surface area contributed by atoms with Crippen molar-refractivity contribution in [1.82, 2.24) is 0 Å². The predicted molar refractivity (Wildman–Crippen MR) is 176 cm³/mol. The Morgan fingerprint density at radius 2 is 0.829 bits per heavy atom. The van der Waals surface area contributed by atoms with E-state index in [1.165, 1.54) is 49.4 Å². The van der Waals surface area contributed by atoms with Gasteiger partial charge in [-0.15, -0.1) is 0 Å². The average molecular weight is 543 g/mol. The highest BCUT2D eigenvalue weighted by Crippen LogP contribution is 2.51. The van der Waals surface area contributed by atoms with Crippen LogP contribution in [0.1, 0.15) is 0 Å². The Morgan fingerprint density at radius 1 is 0.390 bits per heavy atom. The summed E-state index contributed by atoms with van der Waals surface area (Å²) in [5.74, 6) is 0. The van der Waals surface area contributed by atoms with Gasteiger partial charge in [0.1, 0.15) is 7.14 Å². The normalized spacial score (nSPS) is 15.6. The molecule has 0 bridgehead atoms. The van der Waals surface area contributed by atoms with Gasteiger partial charge in [-0.25, -0.2) is 0 Å². The zero-order valence-corrected chi connectivity index (χ0v) is 23.6. The van der Waals surface area contributed by atoms with Crippen molar-refractivity contribution < 1.29 is 4.57 Å². The van der Waals surface area contributed by atoms with E-state index in [0.29, 0.717) is 0 Å². The predicted octanol–water partition coefficient (Wildman–Crippen LogP) is 9.92. The molecule has 0 radical (unpaired) electrons. The van der Waals surface area contributed by atoms with Gasteiger partial charge >= 0.3 is 0 Å². The molecule has 0 N–H and O–H groups in total. The van der Waals surface area contributed by atoms with Crippen LogP contribution in [0.3, 0.4) is 0 Å². The second kappa shape index (κ2) is 9.16. The van der Waals surface area contributed by atoms with E-state index in [1.54, 1.807) is 0 Å². The molecule has 1 heterocycles. The van der Waals surface area contributed by atoms with Gasteiger partial charge in [-0.3, -0.25) is 0 Å². The van der Waals surface area contributed by atoms with E-state index in [2.05, 4.69) is 127 Å². The SMILES string of the molecule is CP1(=O)c2ccccc2-c2ccc(-c3c4ccccc4c(-c4ccc(-c5ccccc5)cc4)c4ccccc34)cc21. The summed E-state index contributed by atoms with van der Waals surface area (Å²) in [5, 5.41) is 6.78. The molecule has 194 valence electrons. The summed E-state index contributed by atoms with van der Waals surface area (Å²) >= 11 is 0. The first-order valence-electron chi connectivity index (χ1n) is 14.0. The number of hydrogen-bond acceptors (Lipinski definition) is 1. The highest BCUT2D eigenvalue weighted by Gasteiger charge is 2.34. The first kappa shape index (κ1) is 24.1. The van der Waals surface area contributed by atoms with Crippen LogP contribution in [-0.4, -0.2) is 6.66 Å². The van der Waals surface area contributed by atoms with Gasteiger partial charge < -0.3 is 4.57 Å². The lowest BCUT2D eigenvalue weighted by atomic mass is 9.85. The minimum Gasteiger partial charge on any atom is -0.314 e. The van der Waals surface area contributed by atoms with Crippen LogP contribution in [0.2, 0.25) is 0 Å². The monoisotopic (exact) mass is 542 g/mol. The molecule has 2 heteroatoms. The third-order valence-corrected chi connectivity index (χ3v) is 11.2. The maximum atomic E-state index is 14.1. The largest absolute Gasteiger partial charge is 0.314 e. The van der Waals surface area contributed by atoms with Crippen molar-refractivity contribution >= 4 is 39.3 Å². The molecule has 7 aromatic carbocycles. The summed E-state index contributed by atoms with van der Waals surface area (Å²) in [5.41, 5.74) is 9.37. The average Bonchev–Trinajstić information content (AvgIpc) is 3.26. The molecule has 8 rings (SSSR count). The molecule has 7 aromatic rings. The minimum atomic E-state index is -2.68. The molecule has 1 nitrogen and oxygen atoms in total. The van der Waals surface area contributed by atoms with Gasteiger partial charge in [0.25, 0.3) is 0 Å². The van der Waals surface area contributed by atoms with E-state index < -0.39 is 7.14 Å². The number of fused-ring (bicyclic) bond motifs is 5. The Hall–Kier alpha value is -4.71. The van der Waals surface area contributed by atoms with Crippen LogP contribution < -0.4 is 10.6 Å². The number of benzene rings is 7. The van der Waals surface area contributed by atoms with Gasteiger partial charge in [-0.1, -0.05) is 140 Å². The van der Waals surface area contributed by atoms with Crippen LogP contribution in [0.4, 0.5) is 0 Å². The second-order valence-electron chi connectivity index (χ2n) is 11.0. The standard InChI is InChI=1S/C39H27OP/c1-41(40)36-18-10-9-13-30(36)31-24-23-29(25-37(31)41)39-34-16-7-5-14-32(34)38(33-15-6-8-17-35(33)39)28-21-19-27(20-22-28)26-11-3-2-4-12-26/h2-25H,1H3. The first-order valence-corrected chi connectivity index (χ1v) is 16.2. The van der Waals surface area contributed by atoms with E-state index in [9.17, 15) is 4.57 Å². The molecule has 41 heavy (non-hydrogen) atoms. The van der Waals surface area contributed by atoms with Gasteiger partial charge in [0.05, 0.1) is 0 Å². The molecule has 0 spiro atoms. The van der Waals surface area contributed by atoms with E-state index in [-0.39, 0.29) is 0 Å². The van der Waals surface area contributed by atoms with Gasteiger partial charge in [0, 0.05) is 10.6 Å². The van der Waals surface area contributed by atoms with Crippen LogP contribution in [0.15, 0.2) is 146 Å². The fraction of sp³-hybridized carbons (Fsp3) is 0.0256. The van der Waals surface area contributed by atoms with Crippen molar-refractivity contribution in [3.05, 3.63) is 146 Å². The molecule has 0 saturated heterocycles. The van der Waals surface area contributed by atoms with Crippen molar-refractivity contribution in [3.63, 3.8) is 0 Å². The fourth-order valence-electron chi connectivity index (χ4n) is 6.68. The summed E-state index contributed by atoms with van der Waals surface area (Å²) in [6.45, 7) is 1.92. The Kier molecular flexibility index (Phi) is 5.39. The van der Waals surface area contributed by atoms with Crippen molar-refractivity contribution in [2.24, 2.45) is 0 Å². The number of hydrogen-bond donors (Lipinski definition) is 0. The van der Waals surface area contributed by atoms with E-state index >= 15 is 0 Å². The molecule has 1 unspecified atom stereocenters. The summed E-state index contributed by atoms with van der Waals surface area (Å²) < 4.78 is 14.1. The van der Waals surface area contributed by atoms with Crippen molar-refractivity contribution in [2.45, 2.75) is 0 Å². The molecule has 1 aliphatic heterocycles. The molecular formula is C39H27OP. The minimum absolute atomic E-state index is 0.963. The van der Waals surface area contributed by atoms with Gasteiger partial charge in [0.15, 0.2) is 0 Å². The van der Waals surface area contributed by atoms with Crippen LogP contribution >= 0.6 is 7.14 Å². The Bertz CT molecular complexity index is 2120. The maximum Gasteiger partial charge on any atom is 0.141 e. The maximum absolute atomic E-state index is 14.1. The van der Waals surface area contributed by atoms with E-state index in [4.69, 9.17) is 0 Å². The van der Waals surface area contributed by atoms with Crippen LogP contribution in [0, 0.1) is 0 Å². The van der Waals surface area contributed by atoms with Crippen LogP contribution in [-0.2, 0) is 4.57 Å². The van der Waals surface area contributed by atoms with E-state index in [1.807, 2.05) is 24.9 Å². The first-order chi connectivity index (χ1) is 20.1. The summed E-state index contributed by atoms with van der Waals surface area (Å²) in [6.07, 6.45) is 0. The number of rotatable bonds is 3. The molecule has 0 saturated carbocycles. The molecule has 0 fully saturated rings. The van der Waals surface area contributed by atoms with Crippen molar-refractivity contribution in [2.75, 3.05) is 6.66 Å². The fourth-order valence-corrected chi connectivity index (χ4v) is 9.01. The van der Waals surface area contributed by atoms with Gasteiger partial charge in [-0.05, 0) is 78.8 Å². The molecular weight excluding hydrogens is 515 g/mol. The lowest BCUT2D eigenvalue weighted by molar-refractivity contribution is 0.591. The van der Waals surface area contributed by atoms with Crippen molar-refractivity contribution in [3.8, 4) is 44.5 Å². The summed E-state index contributed by atoms with van der Waals surface area (Å²) in [6, 6.07) is 51.6. The Morgan fingerprint density at radius 3 is 1.46 bits per heavy atom. The lowest BCUT2D eigenvalue weighted by Gasteiger charge is -2.19. The molecule has 0 amide bonds. The van der Waals surface area contributed by atoms with E-state index in [0.717, 1.165) is 27.3 Å². The third kappa shape index (κ3) is 3.67. The summed E-state index contributed by atoms with van der Waals surface area (Å²) in [7, 11) is -2.68. The highest BCUT2D eigenvalue weighted by atomic mass is 31.2. The van der Waals surface area contributed by atoms with Gasteiger partial charge in [0.2, 0.25) is 0 Å². The molecule has 1 atom stereocenters.